The van der Waals surface area contributed by atoms with Crippen molar-refractivity contribution < 1.29 is 9.53 Å². The monoisotopic (exact) mass is 141 g/mol. The molecule has 0 saturated carbocycles. The quantitative estimate of drug-likeness (QED) is 0.331. The Morgan fingerprint density at radius 2 is 2.40 bits per heavy atom. The molecule has 1 radical (unpaired) electrons. The number of esters is 1. The van der Waals surface area contributed by atoms with Crippen LogP contribution in [0.25, 0.3) is 0 Å². The lowest BCUT2D eigenvalue weighted by Crippen LogP contribution is -2.03. The van der Waals surface area contributed by atoms with Gasteiger partial charge in [0, 0.05) is 6.42 Å². The Morgan fingerprint density at radius 3 is 2.90 bits per heavy atom. The van der Waals surface area contributed by atoms with Gasteiger partial charge in [0.25, 0.3) is 0 Å². The molecule has 0 aliphatic heterocycles. The lowest BCUT2D eigenvalue weighted by molar-refractivity contribution is -0.142. The number of hydrogen-bond acceptors (Lipinski definition) is 2. The van der Waals surface area contributed by atoms with Crippen LogP contribution in [0.3, 0.4) is 0 Å². The van der Waals surface area contributed by atoms with Gasteiger partial charge in [0.2, 0.25) is 0 Å². The van der Waals surface area contributed by atoms with Gasteiger partial charge in [-0.2, -0.15) is 0 Å². The van der Waals surface area contributed by atoms with Gasteiger partial charge in [-0.15, -0.1) is 6.58 Å². The molecule has 0 aliphatic rings. The first-order valence-corrected chi connectivity index (χ1v) is 3.39. The third kappa shape index (κ3) is 5.35. The van der Waals surface area contributed by atoms with Crippen LogP contribution in [0.5, 0.6) is 0 Å². The molecule has 0 aliphatic carbocycles. The van der Waals surface area contributed by atoms with Gasteiger partial charge in [0.1, 0.15) is 0 Å². The van der Waals surface area contributed by atoms with E-state index in [1.54, 1.807) is 13.0 Å². The van der Waals surface area contributed by atoms with Gasteiger partial charge in [0.05, 0.1) is 6.61 Å². The van der Waals surface area contributed by atoms with Crippen molar-refractivity contribution in [3.8, 4) is 0 Å². The molecular weight excluding hydrogens is 128 g/mol. The zero-order chi connectivity index (χ0) is 7.82. The second-order valence-electron chi connectivity index (χ2n) is 1.82. The predicted octanol–water partition coefficient (Wildman–Crippen LogP) is 1.72. The van der Waals surface area contributed by atoms with E-state index in [0.29, 0.717) is 13.0 Å². The summed E-state index contributed by atoms with van der Waals surface area (Å²) in [6, 6.07) is 0. The molecule has 2 heteroatoms. The highest BCUT2D eigenvalue weighted by atomic mass is 16.5. The molecule has 0 spiro atoms. The second kappa shape index (κ2) is 6.33. The van der Waals surface area contributed by atoms with E-state index in [1.165, 1.54) is 0 Å². The molecule has 0 bridgehead atoms. The van der Waals surface area contributed by atoms with Crippen LogP contribution in [-0.2, 0) is 9.53 Å². The molecule has 0 saturated heterocycles. The summed E-state index contributed by atoms with van der Waals surface area (Å²) in [7, 11) is 0. The van der Waals surface area contributed by atoms with E-state index in [-0.39, 0.29) is 5.97 Å². The van der Waals surface area contributed by atoms with Crippen molar-refractivity contribution in [1.29, 1.82) is 0 Å². The number of unbranched alkanes of at least 4 members (excludes halogenated alkanes) is 1. The van der Waals surface area contributed by atoms with Gasteiger partial charge in [-0.05, 0) is 19.8 Å². The predicted molar refractivity (Wildman–Crippen MR) is 40.4 cm³/mol. The molecule has 0 aromatic rings. The van der Waals surface area contributed by atoms with Gasteiger partial charge in [-0.25, -0.2) is 0 Å². The second-order valence-corrected chi connectivity index (χ2v) is 1.82. The zero-order valence-corrected chi connectivity index (χ0v) is 6.30. The summed E-state index contributed by atoms with van der Waals surface area (Å²) in [6.45, 7) is 5.78. The molecule has 0 atom stereocenters. The fourth-order valence-electron chi connectivity index (χ4n) is 0.539. The summed E-state index contributed by atoms with van der Waals surface area (Å²) in [6.07, 6.45) is 4.74. The number of ether oxygens (including phenoxy) is 1. The fraction of sp³-hybridized carbons (Fsp3) is 0.500. The van der Waals surface area contributed by atoms with Crippen LogP contribution in [0.1, 0.15) is 19.8 Å². The molecule has 0 amide bonds. The van der Waals surface area contributed by atoms with Gasteiger partial charge in [-0.3, -0.25) is 4.79 Å². The van der Waals surface area contributed by atoms with Crippen molar-refractivity contribution in [1.82, 2.24) is 0 Å². The van der Waals surface area contributed by atoms with E-state index in [0.717, 1.165) is 6.42 Å². The topological polar surface area (TPSA) is 26.3 Å². The number of hydrogen-bond donors (Lipinski definition) is 0. The number of carbonyl (C=O) groups excluding carboxylic acids is 1. The van der Waals surface area contributed by atoms with Crippen molar-refractivity contribution in [2.75, 3.05) is 6.61 Å². The van der Waals surface area contributed by atoms with Crippen molar-refractivity contribution in [2.45, 2.75) is 19.8 Å². The molecule has 0 aromatic carbocycles. The summed E-state index contributed by atoms with van der Waals surface area (Å²) >= 11 is 0. The Labute approximate surface area is 61.9 Å². The average Bonchev–Trinajstić information content (AvgIpc) is 1.89. The number of allylic oxidation sites excluding steroid dienone is 1. The zero-order valence-electron chi connectivity index (χ0n) is 6.30. The molecule has 0 heterocycles. The first kappa shape index (κ1) is 9.21. The maximum Gasteiger partial charge on any atom is 0.306 e. The Morgan fingerprint density at radius 1 is 1.70 bits per heavy atom. The Kier molecular flexibility index (Phi) is 5.83. The van der Waals surface area contributed by atoms with Crippen molar-refractivity contribution >= 4 is 5.97 Å². The van der Waals surface area contributed by atoms with Crippen LogP contribution >= 0.6 is 0 Å². The summed E-state index contributed by atoms with van der Waals surface area (Å²) in [5, 5.41) is 0. The van der Waals surface area contributed by atoms with Gasteiger partial charge in [-0.1, -0.05) is 6.08 Å². The van der Waals surface area contributed by atoms with E-state index in [4.69, 9.17) is 0 Å². The Bertz CT molecular complexity index is 108. The molecule has 0 unspecified atom stereocenters. The molecule has 2 nitrogen and oxygen atoms in total. The normalized spacial score (nSPS) is 8.90. The average molecular weight is 141 g/mol. The number of carbonyl (C=O) groups is 1. The molecule has 0 aromatic heterocycles. The van der Waals surface area contributed by atoms with E-state index in [2.05, 4.69) is 11.3 Å². The van der Waals surface area contributed by atoms with E-state index in [1.807, 2.05) is 6.42 Å². The largest absolute Gasteiger partial charge is 0.466 e. The minimum Gasteiger partial charge on any atom is -0.466 e. The van der Waals surface area contributed by atoms with Gasteiger partial charge < -0.3 is 4.74 Å². The third-order valence-electron chi connectivity index (χ3n) is 0.950. The molecule has 0 N–H and O–H groups in total. The van der Waals surface area contributed by atoms with Crippen molar-refractivity contribution in [2.24, 2.45) is 0 Å². The highest BCUT2D eigenvalue weighted by Crippen LogP contribution is 1.95. The summed E-state index contributed by atoms with van der Waals surface area (Å²) in [5.41, 5.74) is 0. The Hall–Kier alpha value is -0.790. The number of rotatable bonds is 5. The maximum atomic E-state index is 10.6. The highest BCUT2D eigenvalue weighted by molar-refractivity contribution is 5.70. The third-order valence-corrected chi connectivity index (χ3v) is 0.950. The van der Waals surface area contributed by atoms with Gasteiger partial charge >= 0.3 is 5.97 Å². The molecule has 57 valence electrons. The van der Waals surface area contributed by atoms with Crippen LogP contribution in [0.15, 0.2) is 12.7 Å². The summed E-state index contributed by atoms with van der Waals surface area (Å²) in [5.74, 6) is -0.163. The highest BCUT2D eigenvalue weighted by Gasteiger charge is 1.98. The van der Waals surface area contributed by atoms with Crippen LogP contribution in [-0.4, -0.2) is 12.6 Å². The molecule has 10 heavy (non-hydrogen) atoms. The summed E-state index contributed by atoms with van der Waals surface area (Å²) < 4.78 is 4.68. The minimum atomic E-state index is -0.163. The van der Waals surface area contributed by atoms with Crippen LogP contribution < -0.4 is 0 Å². The first-order valence-electron chi connectivity index (χ1n) is 3.39. The smallest absolute Gasteiger partial charge is 0.306 e. The first-order chi connectivity index (χ1) is 4.81. The molecule has 0 rings (SSSR count). The van der Waals surface area contributed by atoms with Crippen LogP contribution in [0, 0.1) is 6.42 Å². The van der Waals surface area contributed by atoms with E-state index < -0.39 is 0 Å². The minimum absolute atomic E-state index is 0.163. The molecule has 0 fully saturated rings. The van der Waals surface area contributed by atoms with Crippen LogP contribution in [0.4, 0.5) is 0 Å². The Balaban J connectivity index is 3.13. The maximum absolute atomic E-state index is 10.6. The van der Waals surface area contributed by atoms with Crippen molar-refractivity contribution in [3.05, 3.63) is 19.1 Å². The van der Waals surface area contributed by atoms with E-state index in [9.17, 15) is 4.79 Å². The van der Waals surface area contributed by atoms with E-state index >= 15 is 0 Å². The van der Waals surface area contributed by atoms with Crippen molar-refractivity contribution in [3.63, 3.8) is 0 Å². The standard InChI is InChI=1S/C8H13O2/c1-3-5-6-7-8(9)10-4-2/h3,6H,1,4-5,7H2,2H3. The SMILES string of the molecule is C=CC[CH]CC(=O)OCC. The lowest BCUT2D eigenvalue weighted by Gasteiger charge is -1.98. The lowest BCUT2D eigenvalue weighted by atomic mass is 10.2. The fourth-order valence-corrected chi connectivity index (χ4v) is 0.539. The van der Waals surface area contributed by atoms with Crippen LogP contribution in [0.2, 0.25) is 0 Å². The summed E-state index contributed by atoms with van der Waals surface area (Å²) in [4.78, 5) is 10.6. The van der Waals surface area contributed by atoms with Gasteiger partial charge in [0.15, 0.2) is 0 Å². The molecular formula is C8H13O2.